The zero-order valence-electron chi connectivity index (χ0n) is 20.7. The first kappa shape index (κ1) is 25.2. The third-order valence-corrected chi connectivity index (χ3v) is 9.87. The van der Waals surface area contributed by atoms with E-state index in [1.165, 1.54) is 12.8 Å². The minimum Gasteiger partial charge on any atom is -0.481 e. The molecule has 3 aliphatic rings. The Bertz CT molecular complexity index is 1310. The van der Waals surface area contributed by atoms with Crippen LogP contribution in [-0.4, -0.2) is 58.2 Å². The molecule has 2 aliphatic heterocycles. The molecule has 0 amide bonds. The minimum absolute atomic E-state index is 0.0394. The maximum Gasteiger partial charge on any atom is 0.306 e. The third kappa shape index (κ3) is 5.01. The van der Waals surface area contributed by atoms with Crippen molar-refractivity contribution >= 4 is 62.5 Å². The first-order valence-corrected chi connectivity index (χ1v) is 14.7. The molecule has 0 bridgehead atoms. The van der Waals surface area contributed by atoms with E-state index in [-0.39, 0.29) is 12.0 Å². The first-order chi connectivity index (χ1) is 17.9. The van der Waals surface area contributed by atoms with Gasteiger partial charge in [0, 0.05) is 35.7 Å². The number of thiophene rings is 1. The van der Waals surface area contributed by atoms with Gasteiger partial charge < -0.3 is 20.2 Å². The van der Waals surface area contributed by atoms with E-state index in [2.05, 4.69) is 33.5 Å². The molecule has 2 aromatic heterocycles. The normalized spacial score (nSPS) is 25.5. The number of aromatic nitrogens is 2. The second-order valence-electron chi connectivity index (χ2n) is 10.8. The van der Waals surface area contributed by atoms with Crippen LogP contribution in [0, 0.1) is 17.8 Å². The summed E-state index contributed by atoms with van der Waals surface area (Å²) in [6.45, 7) is 6.20. The quantitative estimate of drug-likeness (QED) is 0.357. The van der Waals surface area contributed by atoms with Gasteiger partial charge in [0.2, 0.25) is 5.95 Å². The maximum atomic E-state index is 11.2. The number of fused-ring (bicyclic) bond motifs is 1. The van der Waals surface area contributed by atoms with Crippen molar-refractivity contribution in [1.82, 2.24) is 14.9 Å². The van der Waals surface area contributed by atoms with Crippen LogP contribution < -0.4 is 10.2 Å². The minimum atomic E-state index is -0.637. The van der Waals surface area contributed by atoms with E-state index in [1.807, 2.05) is 12.1 Å². The molecule has 0 radical (unpaired) electrons. The van der Waals surface area contributed by atoms with E-state index in [0.29, 0.717) is 27.9 Å². The number of piperidine rings is 1. The van der Waals surface area contributed by atoms with Crippen molar-refractivity contribution in [3.63, 3.8) is 0 Å². The summed E-state index contributed by atoms with van der Waals surface area (Å²) in [5, 5.41) is 16.1. The van der Waals surface area contributed by atoms with Crippen LogP contribution >= 0.6 is 34.5 Å². The molecular weight excluding hydrogens is 529 g/mol. The summed E-state index contributed by atoms with van der Waals surface area (Å²) in [4.78, 5) is 25.9. The molecule has 3 aromatic rings. The van der Waals surface area contributed by atoms with Crippen LogP contribution in [0.15, 0.2) is 29.6 Å². The number of halogens is 2. The van der Waals surface area contributed by atoms with Gasteiger partial charge in [-0.1, -0.05) is 29.3 Å². The van der Waals surface area contributed by atoms with Gasteiger partial charge in [-0.15, -0.1) is 11.3 Å². The zero-order valence-corrected chi connectivity index (χ0v) is 23.1. The van der Waals surface area contributed by atoms with Crippen molar-refractivity contribution in [1.29, 1.82) is 0 Å². The SMILES string of the molecule is C[C@@H](Nc1nc(N2CC(C3CCCN(C4CC(C(=O)O)C4)C3)C2)nc2ccsc12)c1ccc(Cl)cc1Cl. The molecule has 1 aliphatic carbocycles. The van der Waals surface area contributed by atoms with E-state index < -0.39 is 5.97 Å². The van der Waals surface area contributed by atoms with Gasteiger partial charge in [-0.3, -0.25) is 4.79 Å². The highest BCUT2D eigenvalue weighted by molar-refractivity contribution is 7.17. The Hall–Kier alpha value is -2.13. The fourth-order valence-electron chi connectivity index (χ4n) is 6.04. The second kappa shape index (κ2) is 10.2. The molecule has 2 N–H and O–H groups in total. The van der Waals surface area contributed by atoms with Gasteiger partial charge >= 0.3 is 5.97 Å². The van der Waals surface area contributed by atoms with E-state index in [9.17, 15) is 9.90 Å². The lowest BCUT2D eigenvalue weighted by Gasteiger charge is -2.50. The van der Waals surface area contributed by atoms with Crippen LogP contribution in [0.25, 0.3) is 10.2 Å². The van der Waals surface area contributed by atoms with E-state index in [1.54, 1.807) is 17.4 Å². The Morgan fingerprint density at radius 1 is 1.16 bits per heavy atom. The van der Waals surface area contributed by atoms with Crippen LogP contribution in [0.4, 0.5) is 11.8 Å². The van der Waals surface area contributed by atoms with Crippen LogP contribution in [0.2, 0.25) is 10.0 Å². The maximum absolute atomic E-state index is 11.2. The largest absolute Gasteiger partial charge is 0.481 e. The summed E-state index contributed by atoms with van der Waals surface area (Å²) in [6.07, 6.45) is 4.07. The van der Waals surface area contributed by atoms with Gasteiger partial charge in [0.05, 0.1) is 22.2 Å². The Balaban J connectivity index is 1.12. The molecular formula is C27H31Cl2N5O2S. The van der Waals surface area contributed by atoms with Crippen molar-refractivity contribution < 1.29 is 9.90 Å². The number of aliphatic carboxylic acids is 1. The number of nitrogens with one attached hydrogen (secondary N) is 1. The Labute approximate surface area is 230 Å². The lowest BCUT2D eigenvalue weighted by Crippen LogP contribution is -2.56. The van der Waals surface area contributed by atoms with Crippen LogP contribution in [0.3, 0.4) is 0 Å². The molecule has 37 heavy (non-hydrogen) atoms. The van der Waals surface area contributed by atoms with Gasteiger partial charge in [0.1, 0.15) is 5.82 Å². The van der Waals surface area contributed by atoms with Gasteiger partial charge in [-0.2, -0.15) is 4.98 Å². The number of nitrogens with zero attached hydrogens (tertiary/aromatic N) is 4. The molecule has 0 spiro atoms. The monoisotopic (exact) mass is 559 g/mol. The highest BCUT2D eigenvalue weighted by atomic mass is 35.5. The predicted molar refractivity (Wildman–Crippen MR) is 150 cm³/mol. The fraction of sp³-hybridized carbons (Fsp3) is 0.519. The molecule has 2 saturated heterocycles. The first-order valence-electron chi connectivity index (χ1n) is 13.0. The van der Waals surface area contributed by atoms with E-state index >= 15 is 0 Å². The summed E-state index contributed by atoms with van der Waals surface area (Å²) in [7, 11) is 0. The smallest absolute Gasteiger partial charge is 0.306 e. The highest BCUT2D eigenvalue weighted by Crippen LogP contribution is 2.39. The van der Waals surface area contributed by atoms with Crippen molar-refractivity contribution in [3.8, 4) is 0 Å². The molecule has 1 aromatic carbocycles. The van der Waals surface area contributed by atoms with Gasteiger partial charge in [-0.25, -0.2) is 4.98 Å². The molecule has 4 heterocycles. The number of anilines is 2. The number of carbonyl (C=O) groups is 1. The number of hydrogen-bond acceptors (Lipinski definition) is 7. The Morgan fingerprint density at radius 2 is 1.97 bits per heavy atom. The van der Waals surface area contributed by atoms with Crippen LogP contribution in [0.1, 0.15) is 44.2 Å². The van der Waals surface area contributed by atoms with Gasteiger partial charge in [0.25, 0.3) is 0 Å². The fourth-order valence-corrected chi connectivity index (χ4v) is 7.40. The third-order valence-electron chi connectivity index (χ3n) is 8.40. The number of likely N-dealkylation sites (tertiary alicyclic amines) is 1. The van der Waals surface area contributed by atoms with Gasteiger partial charge in [-0.05, 0) is 80.1 Å². The predicted octanol–water partition coefficient (Wildman–Crippen LogP) is 6.18. The van der Waals surface area contributed by atoms with Crippen molar-refractivity contribution in [2.75, 3.05) is 36.4 Å². The Morgan fingerprint density at radius 3 is 2.73 bits per heavy atom. The average molecular weight is 561 g/mol. The molecule has 10 heteroatoms. The summed E-state index contributed by atoms with van der Waals surface area (Å²) in [6, 6.07) is 8.04. The second-order valence-corrected chi connectivity index (χ2v) is 12.5. The number of rotatable bonds is 7. The molecule has 3 fully saturated rings. The standard InChI is InChI=1S/C27H31Cl2N5O2S/c1-15(21-5-4-19(28)11-22(21)29)30-25-24-23(6-8-37-24)31-27(32-25)34-13-18(14-34)16-3-2-7-33(12-16)20-9-17(10-20)26(35)36/h4-6,8,11,15-18,20H,2-3,7,9-10,12-14H2,1H3,(H,35,36)(H,30,31,32)/t15-,16?,17?,20?/m1/s1. The average Bonchev–Trinajstić information content (AvgIpc) is 3.26. The molecule has 196 valence electrons. The zero-order chi connectivity index (χ0) is 25.7. The number of hydrogen-bond donors (Lipinski definition) is 2. The molecule has 7 nitrogen and oxygen atoms in total. The molecule has 6 rings (SSSR count). The summed E-state index contributed by atoms with van der Waals surface area (Å²) in [5.74, 6) is 2.11. The van der Waals surface area contributed by atoms with Crippen molar-refractivity contribution in [3.05, 3.63) is 45.3 Å². The molecule has 1 saturated carbocycles. The topological polar surface area (TPSA) is 81.6 Å². The van der Waals surface area contributed by atoms with Crippen LogP contribution in [-0.2, 0) is 4.79 Å². The van der Waals surface area contributed by atoms with Gasteiger partial charge in [0.15, 0.2) is 0 Å². The number of benzene rings is 1. The van der Waals surface area contributed by atoms with Crippen molar-refractivity contribution in [2.24, 2.45) is 17.8 Å². The van der Waals surface area contributed by atoms with Crippen LogP contribution in [0.5, 0.6) is 0 Å². The Kier molecular flexibility index (Phi) is 6.94. The molecule has 1 unspecified atom stereocenters. The summed E-state index contributed by atoms with van der Waals surface area (Å²) < 4.78 is 1.04. The van der Waals surface area contributed by atoms with E-state index in [4.69, 9.17) is 33.2 Å². The molecule has 2 atom stereocenters. The number of carboxylic acids is 1. The highest BCUT2D eigenvalue weighted by Gasteiger charge is 2.42. The summed E-state index contributed by atoms with van der Waals surface area (Å²) >= 11 is 14.2. The van der Waals surface area contributed by atoms with E-state index in [0.717, 1.165) is 66.6 Å². The summed E-state index contributed by atoms with van der Waals surface area (Å²) in [5.41, 5.74) is 1.93. The lowest BCUT2D eigenvalue weighted by atomic mass is 9.76. The van der Waals surface area contributed by atoms with Crippen molar-refractivity contribution in [2.45, 2.75) is 44.7 Å². The lowest BCUT2D eigenvalue weighted by molar-refractivity contribution is -0.147. The number of carboxylic acid groups (broad SMARTS) is 1.